The van der Waals surface area contributed by atoms with Crippen molar-refractivity contribution >= 4 is 45.3 Å². The number of hydrogen-bond donors (Lipinski definition) is 2. The van der Waals surface area contributed by atoms with E-state index in [-0.39, 0.29) is 46.7 Å². The first kappa shape index (κ1) is 29.5. The minimum absolute atomic E-state index is 0.121. The lowest BCUT2D eigenvalue weighted by Gasteiger charge is -2.09. The fraction of sp³-hybridized carbons (Fsp3) is 0.0588. The second-order valence-corrected chi connectivity index (χ2v) is 9.93. The molecule has 0 aliphatic carbocycles. The molecule has 6 aromatic rings. The molecule has 0 radical (unpaired) electrons. The van der Waals surface area contributed by atoms with Crippen LogP contribution in [-0.4, -0.2) is 22.2 Å². The number of benzene rings is 4. The maximum atomic E-state index is 12.5. The second-order valence-electron chi connectivity index (χ2n) is 9.93. The Labute approximate surface area is 258 Å². The van der Waals surface area contributed by atoms with Crippen LogP contribution in [0.25, 0.3) is 21.9 Å². The Morgan fingerprint density at radius 3 is 1.35 bits per heavy atom. The van der Waals surface area contributed by atoms with Crippen LogP contribution in [0.4, 0.5) is 11.4 Å². The number of rotatable bonds is 10. The van der Waals surface area contributed by atoms with E-state index in [1.54, 1.807) is 72.8 Å². The van der Waals surface area contributed by atoms with Gasteiger partial charge in [0.2, 0.25) is 11.5 Å². The molecule has 0 fully saturated rings. The van der Waals surface area contributed by atoms with E-state index in [2.05, 4.69) is 10.2 Å². The summed E-state index contributed by atoms with van der Waals surface area (Å²) in [5.74, 6) is -3.01. The van der Waals surface area contributed by atoms with Gasteiger partial charge in [0.1, 0.15) is 46.7 Å². The van der Waals surface area contributed by atoms with Gasteiger partial charge in [-0.2, -0.15) is 10.2 Å². The van der Waals surface area contributed by atoms with Crippen LogP contribution >= 0.6 is 0 Å². The van der Waals surface area contributed by atoms with Crippen molar-refractivity contribution in [2.24, 2.45) is 10.2 Å². The molecule has 0 spiro atoms. The van der Waals surface area contributed by atoms with Gasteiger partial charge in [0.25, 0.3) is 0 Å². The molecule has 12 nitrogen and oxygen atoms in total. The van der Waals surface area contributed by atoms with E-state index in [0.717, 1.165) is 23.3 Å². The van der Waals surface area contributed by atoms with Crippen LogP contribution in [0.2, 0.25) is 0 Å². The molecule has 6 rings (SSSR count). The zero-order valence-corrected chi connectivity index (χ0v) is 23.7. The third kappa shape index (κ3) is 6.36. The number of carboxylic acids is 2. The summed E-state index contributed by atoms with van der Waals surface area (Å²) in [6, 6.07) is 25.6. The van der Waals surface area contributed by atoms with Crippen LogP contribution in [-0.2, 0) is 13.2 Å². The normalized spacial score (nSPS) is 11.2. The molecule has 0 aliphatic heterocycles. The molecule has 0 saturated heterocycles. The molecule has 2 heterocycles. The zero-order chi connectivity index (χ0) is 32.2. The summed E-state index contributed by atoms with van der Waals surface area (Å²) < 4.78 is 22.3. The number of hydrogen-bond acceptors (Lipinski definition) is 10. The highest BCUT2D eigenvalue weighted by molar-refractivity contribution is 5.90. The molecular weight excluding hydrogens is 596 g/mol. The quantitative estimate of drug-likeness (QED) is 0.154. The number of ether oxygens (including phenoxy) is 2. The molecule has 0 aliphatic rings. The number of nitrogens with zero attached hydrogens (tertiary/aromatic N) is 2. The van der Waals surface area contributed by atoms with Gasteiger partial charge in [0.15, 0.2) is 10.9 Å². The Morgan fingerprint density at radius 1 is 0.587 bits per heavy atom. The zero-order valence-electron chi connectivity index (χ0n) is 23.7. The van der Waals surface area contributed by atoms with Crippen LogP contribution < -0.4 is 20.3 Å². The molecule has 2 aromatic heterocycles. The monoisotopic (exact) mass is 618 g/mol. The van der Waals surface area contributed by atoms with Gasteiger partial charge < -0.3 is 28.5 Å². The largest absolute Gasteiger partial charge is 0.488 e. The van der Waals surface area contributed by atoms with Crippen LogP contribution in [0.15, 0.2) is 126 Å². The second kappa shape index (κ2) is 12.6. The molecule has 46 heavy (non-hydrogen) atoms. The Morgan fingerprint density at radius 2 is 0.978 bits per heavy atom. The van der Waals surface area contributed by atoms with Crippen molar-refractivity contribution < 1.29 is 38.1 Å². The molecule has 228 valence electrons. The Bertz CT molecular complexity index is 2090. The third-order valence-electron chi connectivity index (χ3n) is 6.80. The highest BCUT2D eigenvalue weighted by Gasteiger charge is 2.15. The predicted molar refractivity (Wildman–Crippen MR) is 165 cm³/mol. The Kier molecular flexibility index (Phi) is 8.07. The van der Waals surface area contributed by atoms with Crippen molar-refractivity contribution in [2.75, 3.05) is 0 Å². The molecule has 0 bridgehead atoms. The van der Waals surface area contributed by atoms with Gasteiger partial charge in [-0.15, -0.1) is 0 Å². The topological polar surface area (TPSA) is 178 Å². The molecule has 0 atom stereocenters. The first-order valence-corrected chi connectivity index (χ1v) is 13.7. The van der Waals surface area contributed by atoms with Crippen molar-refractivity contribution in [3.8, 4) is 11.5 Å². The fourth-order valence-electron chi connectivity index (χ4n) is 4.56. The Balaban J connectivity index is 1.07. The van der Waals surface area contributed by atoms with Gasteiger partial charge in [-0.25, -0.2) is 9.59 Å². The van der Waals surface area contributed by atoms with E-state index < -0.39 is 34.3 Å². The molecule has 0 amide bonds. The summed E-state index contributed by atoms with van der Waals surface area (Å²) in [5.41, 5.74) is 2.03. The van der Waals surface area contributed by atoms with Crippen molar-refractivity contribution in [3.63, 3.8) is 0 Å². The summed E-state index contributed by atoms with van der Waals surface area (Å²) in [6.45, 7) is 0.292. The van der Waals surface area contributed by atoms with E-state index in [0.29, 0.717) is 11.4 Å². The van der Waals surface area contributed by atoms with Gasteiger partial charge in [-0.1, -0.05) is 36.4 Å². The molecular formula is C34H22N2O10. The first-order valence-electron chi connectivity index (χ1n) is 13.7. The van der Waals surface area contributed by atoms with Crippen LogP contribution in [0.1, 0.15) is 32.2 Å². The van der Waals surface area contributed by atoms with E-state index >= 15 is 0 Å². The summed E-state index contributed by atoms with van der Waals surface area (Å²) in [4.78, 5) is 47.4. The third-order valence-corrected chi connectivity index (χ3v) is 6.80. The summed E-state index contributed by atoms with van der Waals surface area (Å²) in [6.07, 6.45) is 0. The molecule has 0 saturated carbocycles. The lowest BCUT2D eigenvalue weighted by atomic mass is 10.2. The van der Waals surface area contributed by atoms with Crippen molar-refractivity contribution in [3.05, 3.63) is 140 Å². The summed E-state index contributed by atoms with van der Waals surface area (Å²) in [5, 5.41) is 27.1. The minimum atomic E-state index is -1.33. The average Bonchev–Trinajstić information content (AvgIpc) is 3.06. The van der Waals surface area contributed by atoms with Crippen molar-refractivity contribution in [2.45, 2.75) is 13.2 Å². The average molecular weight is 619 g/mol. The first-order chi connectivity index (χ1) is 22.2. The van der Waals surface area contributed by atoms with Crippen molar-refractivity contribution in [1.29, 1.82) is 0 Å². The molecule has 4 aromatic carbocycles. The van der Waals surface area contributed by atoms with Crippen LogP contribution in [0.3, 0.4) is 0 Å². The molecule has 12 heteroatoms. The minimum Gasteiger partial charge on any atom is -0.488 e. The number of fused-ring (bicyclic) bond motifs is 2. The van der Waals surface area contributed by atoms with Crippen LogP contribution in [0, 0.1) is 0 Å². The van der Waals surface area contributed by atoms with Gasteiger partial charge >= 0.3 is 11.9 Å². The van der Waals surface area contributed by atoms with Crippen LogP contribution in [0.5, 0.6) is 11.5 Å². The molecule has 0 unspecified atom stereocenters. The number of aromatic carboxylic acids is 2. The number of azo groups is 1. The van der Waals surface area contributed by atoms with Gasteiger partial charge in [0, 0.05) is 12.1 Å². The maximum Gasteiger partial charge on any atom is 0.371 e. The molecule has 2 N–H and O–H groups in total. The van der Waals surface area contributed by atoms with E-state index in [1.807, 2.05) is 0 Å². The van der Waals surface area contributed by atoms with Gasteiger partial charge in [-0.3, -0.25) is 9.59 Å². The number of carboxylic acid groups (broad SMARTS) is 2. The standard InChI is InChI=1S/C34H22N2O10/c37-23-15-29(33(39)40)45-27-5-1-3-25(31(23)27)43-17-19-7-11-21(12-8-19)35-36-22-13-9-20(10-14-22)18-44-26-4-2-6-28-32(26)24(38)16-30(46-28)34(41)42/h1-16H,17-18H2,(H,39,40)(H,41,42)/b36-35+. The van der Waals surface area contributed by atoms with Gasteiger partial charge in [0.05, 0.1) is 11.4 Å². The summed E-state index contributed by atoms with van der Waals surface area (Å²) >= 11 is 0. The van der Waals surface area contributed by atoms with E-state index in [9.17, 15) is 19.2 Å². The van der Waals surface area contributed by atoms with E-state index in [4.69, 9.17) is 28.5 Å². The highest BCUT2D eigenvalue weighted by atomic mass is 16.5. The predicted octanol–water partition coefficient (Wildman–Crippen LogP) is 6.87. The SMILES string of the molecule is O=C(O)c1cc(=O)c2c(OCc3ccc(/N=N/c4ccc(COc5cccc6oc(C(=O)O)cc(=O)c56)cc4)cc3)cccc2o1. The van der Waals surface area contributed by atoms with Gasteiger partial charge in [-0.05, 0) is 59.7 Å². The highest BCUT2D eigenvalue weighted by Crippen LogP contribution is 2.27. The smallest absolute Gasteiger partial charge is 0.371 e. The maximum absolute atomic E-state index is 12.5. The fourth-order valence-corrected chi connectivity index (χ4v) is 4.56. The Hall–Kier alpha value is -6.56. The summed E-state index contributed by atoms with van der Waals surface area (Å²) in [7, 11) is 0. The lowest BCUT2D eigenvalue weighted by molar-refractivity contribution is 0.0653. The van der Waals surface area contributed by atoms with E-state index in [1.165, 1.54) is 12.1 Å². The lowest BCUT2D eigenvalue weighted by Crippen LogP contribution is -2.08. The number of carbonyl (C=O) groups is 2. The van der Waals surface area contributed by atoms with Crippen molar-refractivity contribution in [1.82, 2.24) is 0 Å².